The van der Waals surface area contributed by atoms with Gasteiger partial charge in [0.2, 0.25) is 0 Å². The Morgan fingerprint density at radius 2 is 1.93 bits per heavy atom. The van der Waals surface area contributed by atoms with E-state index >= 15 is 0 Å². The summed E-state index contributed by atoms with van der Waals surface area (Å²) >= 11 is 0. The molecule has 3 N–H and O–H groups in total. The van der Waals surface area contributed by atoms with Crippen LogP contribution >= 0.6 is 0 Å². The fraction of sp³-hybridized carbons (Fsp3) is 0.364. The highest BCUT2D eigenvalue weighted by atomic mass is 16.4. The van der Waals surface area contributed by atoms with Gasteiger partial charge in [0.1, 0.15) is 17.0 Å². The third kappa shape index (κ3) is 3.88. The Bertz CT molecular complexity index is 1030. The molecule has 0 unspecified atom stereocenters. The number of nitrogens with two attached hydrogens (primary N) is 1. The van der Waals surface area contributed by atoms with Crippen LogP contribution < -0.4 is 10.7 Å². The summed E-state index contributed by atoms with van der Waals surface area (Å²) in [6.07, 6.45) is 0.564. The second-order valence-electron chi connectivity index (χ2n) is 6.90. The van der Waals surface area contributed by atoms with Crippen LogP contribution in [0.5, 0.6) is 0 Å². The van der Waals surface area contributed by atoms with Crippen LogP contribution in [-0.4, -0.2) is 24.2 Å². The summed E-state index contributed by atoms with van der Waals surface area (Å²) in [6.45, 7) is 9.89. The van der Waals surface area contributed by atoms with Crippen molar-refractivity contribution in [2.45, 2.75) is 40.5 Å². The largest absolute Gasteiger partial charge is 0.481 e. The van der Waals surface area contributed by atoms with E-state index in [9.17, 15) is 9.90 Å². The molecule has 0 saturated heterocycles. The Hall–Kier alpha value is -2.66. The molecule has 5 heteroatoms. The predicted octanol–water partition coefficient (Wildman–Crippen LogP) is 3.31. The normalized spacial score (nSPS) is 12.2. The van der Waals surface area contributed by atoms with Crippen molar-refractivity contribution in [3.63, 3.8) is 0 Å². The smallest absolute Gasteiger partial charge is 0.303 e. The molecule has 27 heavy (non-hydrogen) atoms. The first-order chi connectivity index (χ1) is 12.9. The highest BCUT2D eigenvalue weighted by Crippen LogP contribution is 2.35. The van der Waals surface area contributed by atoms with Crippen LogP contribution in [0.4, 0.5) is 5.69 Å². The van der Waals surface area contributed by atoms with E-state index in [0.717, 1.165) is 51.0 Å². The van der Waals surface area contributed by atoms with Crippen molar-refractivity contribution in [1.82, 2.24) is 0 Å². The highest BCUT2D eigenvalue weighted by molar-refractivity contribution is 5.90. The predicted molar refractivity (Wildman–Crippen MR) is 106 cm³/mol. The Kier molecular flexibility index (Phi) is 5.61. The molecule has 0 radical (unpaired) electrons. The number of hydrogen-bond acceptors (Lipinski definition) is 3. The van der Waals surface area contributed by atoms with Crippen LogP contribution in [0.2, 0.25) is 0 Å². The Balaban J connectivity index is 2.35. The molecule has 1 aliphatic heterocycles. The van der Waals surface area contributed by atoms with E-state index in [0.29, 0.717) is 13.0 Å². The number of carbonyl (C=O) groups is 1. The van der Waals surface area contributed by atoms with E-state index in [1.165, 1.54) is 5.56 Å². The maximum Gasteiger partial charge on any atom is 0.303 e. The van der Waals surface area contributed by atoms with Crippen molar-refractivity contribution < 1.29 is 19.6 Å². The van der Waals surface area contributed by atoms with Gasteiger partial charge in [0.25, 0.3) is 0 Å². The summed E-state index contributed by atoms with van der Waals surface area (Å²) in [5.41, 5.74) is 6.20. The van der Waals surface area contributed by atoms with Crippen LogP contribution in [0.15, 0.2) is 33.7 Å². The zero-order valence-electron chi connectivity index (χ0n) is 16.4. The number of hydrogen-bond donors (Lipinski definition) is 2. The van der Waals surface area contributed by atoms with E-state index in [1.807, 2.05) is 19.9 Å². The van der Waals surface area contributed by atoms with E-state index in [-0.39, 0.29) is 6.42 Å². The van der Waals surface area contributed by atoms with Crippen molar-refractivity contribution in [1.29, 1.82) is 0 Å². The molecule has 3 rings (SSSR count). The van der Waals surface area contributed by atoms with Gasteiger partial charge in [-0.1, -0.05) is 0 Å². The molecule has 0 aromatic heterocycles. The van der Waals surface area contributed by atoms with Crippen LogP contribution in [0.25, 0.3) is 22.3 Å². The highest BCUT2D eigenvalue weighted by Gasteiger charge is 2.19. The molecular formula is C22H27N2O3+. The molecule has 5 nitrogen and oxygen atoms in total. The van der Waals surface area contributed by atoms with Crippen molar-refractivity contribution in [2.24, 2.45) is 4.99 Å². The average Bonchev–Trinajstić information content (AvgIpc) is 2.61. The molecule has 1 aromatic carbocycles. The number of carboxylic acids is 1. The van der Waals surface area contributed by atoms with Crippen molar-refractivity contribution in [3.8, 4) is 11.3 Å². The molecule has 2 aliphatic rings. The fourth-order valence-electron chi connectivity index (χ4n) is 3.57. The molecule has 0 spiro atoms. The van der Waals surface area contributed by atoms with Crippen LogP contribution in [-0.2, 0) is 11.2 Å². The number of benzene rings is 2. The molecule has 0 atom stereocenters. The van der Waals surface area contributed by atoms with Gasteiger partial charge in [-0.3, -0.25) is 9.79 Å². The quantitative estimate of drug-likeness (QED) is 0.518. The number of aryl methyl sites for hydroxylation is 3. The molecule has 0 fully saturated rings. The van der Waals surface area contributed by atoms with Crippen molar-refractivity contribution >= 4 is 22.6 Å². The fourth-order valence-corrected chi connectivity index (χ4v) is 3.57. The zero-order valence-corrected chi connectivity index (χ0v) is 16.4. The second kappa shape index (κ2) is 7.92. The van der Waals surface area contributed by atoms with Gasteiger partial charge in [0, 0.05) is 41.6 Å². The molecule has 1 aromatic rings. The maximum absolute atomic E-state index is 11.2. The number of quaternary nitrogens is 1. The monoisotopic (exact) mass is 367 g/mol. The lowest BCUT2D eigenvalue weighted by molar-refractivity contribution is -0.568. The van der Waals surface area contributed by atoms with Gasteiger partial charge in [0.15, 0.2) is 0 Å². The minimum Gasteiger partial charge on any atom is -0.481 e. The first-order valence-electron chi connectivity index (χ1n) is 9.50. The third-order valence-corrected chi connectivity index (χ3v) is 4.88. The lowest BCUT2D eigenvalue weighted by Crippen LogP contribution is -2.77. The number of fused-ring (bicyclic) bond motifs is 2. The number of carboxylic acid groups (broad SMARTS) is 1. The van der Waals surface area contributed by atoms with E-state index in [2.05, 4.69) is 42.4 Å². The first kappa shape index (κ1) is 19.1. The molecule has 1 aliphatic carbocycles. The summed E-state index contributed by atoms with van der Waals surface area (Å²) in [6, 6.07) is 8.23. The van der Waals surface area contributed by atoms with Crippen molar-refractivity contribution in [2.75, 3.05) is 13.1 Å². The van der Waals surface area contributed by atoms with Crippen molar-refractivity contribution in [3.05, 3.63) is 46.3 Å². The van der Waals surface area contributed by atoms with Gasteiger partial charge in [-0.15, -0.1) is 0 Å². The maximum atomic E-state index is 11.2. The summed E-state index contributed by atoms with van der Waals surface area (Å²) in [5, 5.41) is 13.3. The van der Waals surface area contributed by atoms with Gasteiger partial charge in [0.05, 0.1) is 11.9 Å². The van der Waals surface area contributed by atoms with Crippen LogP contribution in [0, 0.1) is 13.8 Å². The minimum absolute atomic E-state index is 0.0935. The lowest BCUT2D eigenvalue weighted by atomic mass is 9.93. The van der Waals surface area contributed by atoms with E-state index < -0.39 is 5.97 Å². The molecule has 142 valence electrons. The summed E-state index contributed by atoms with van der Waals surface area (Å²) in [5.74, 6) is -0.0361. The first-order valence-corrected chi connectivity index (χ1v) is 9.50. The summed E-state index contributed by atoms with van der Waals surface area (Å²) in [7, 11) is 0. The zero-order chi connectivity index (χ0) is 19.6. The summed E-state index contributed by atoms with van der Waals surface area (Å²) < 4.78 is 6.25. The van der Waals surface area contributed by atoms with E-state index in [1.54, 1.807) is 0 Å². The second-order valence-corrected chi connectivity index (χ2v) is 6.90. The topological polar surface area (TPSA) is 79.4 Å². The van der Waals surface area contributed by atoms with Gasteiger partial charge >= 0.3 is 5.97 Å². The molecule has 0 bridgehead atoms. The Morgan fingerprint density at radius 1 is 1.15 bits per heavy atom. The standard InChI is InChI=1S/C22H26N2O3/c1-5-23-18-11-20-16(9-13(18)3)15(7-8-22(25)26)17-10-14(4)19(24-6-2)12-21(17)27-20/h9-12,23H,5-8H2,1-4H3,(H,25,26)/p+1. The number of aliphatic carboxylic acids is 1. The van der Waals surface area contributed by atoms with Gasteiger partial charge in [-0.05, 0) is 57.4 Å². The number of rotatable bonds is 6. The molecule has 0 saturated carbocycles. The molecular weight excluding hydrogens is 340 g/mol. The van der Waals surface area contributed by atoms with Crippen LogP contribution in [0.1, 0.15) is 37.0 Å². The van der Waals surface area contributed by atoms with E-state index in [4.69, 9.17) is 4.42 Å². The molecule has 1 heterocycles. The third-order valence-electron chi connectivity index (χ3n) is 4.88. The molecule has 0 amide bonds. The average molecular weight is 367 g/mol. The van der Waals surface area contributed by atoms with Gasteiger partial charge < -0.3 is 14.8 Å². The van der Waals surface area contributed by atoms with Crippen LogP contribution in [0.3, 0.4) is 0 Å². The van der Waals surface area contributed by atoms with Gasteiger partial charge in [-0.2, -0.15) is 0 Å². The van der Waals surface area contributed by atoms with Gasteiger partial charge in [-0.25, -0.2) is 0 Å². The SMILES string of the molecule is CCN=c1cc2oc3cc([NH2+]CC)c(C)cc3c(CCC(=O)O)c-2cc1C. The summed E-state index contributed by atoms with van der Waals surface area (Å²) in [4.78, 5) is 15.8. The number of nitrogens with zero attached hydrogens (tertiary/aromatic N) is 1. The minimum atomic E-state index is -0.793. The lowest BCUT2D eigenvalue weighted by Gasteiger charge is -2.16. The Labute approximate surface area is 159 Å². The Morgan fingerprint density at radius 3 is 2.59 bits per heavy atom.